The van der Waals surface area contributed by atoms with Gasteiger partial charge < -0.3 is 4.52 Å². The van der Waals surface area contributed by atoms with E-state index < -0.39 is 0 Å². The van der Waals surface area contributed by atoms with Gasteiger partial charge in [-0.15, -0.1) is 0 Å². The minimum Gasteiger partial charge on any atom is -0.352 e. The molecular weight excluding hydrogens is 114 g/mol. The molecule has 0 bridgehead atoms. The maximum Gasteiger partial charge on any atom is 0.208 e. The highest BCUT2D eigenvalue weighted by molar-refractivity contribution is 5.21. The van der Waals surface area contributed by atoms with E-state index >= 15 is 0 Å². The number of hydrogen-bond donors (Lipinski definition) is 0. The average molecular weight is 122 g/mol. The lowest BCUT2D eigenvalue weighted by atomic mass is 10.2. The van der Waals surface area contributed by atoms with E-state index in [0.717, 1.165) is 11.6 Å². The lowest BCUT2D eigenvalue weighted by molar-refractivity contribution is 0.407. The molecule has 0 aliphatic heterocycles. The molecule has 9 heavy (non-hydrogen) atoms. The molecule has 0 unspecified atom stereocenters. The van der Waals surface area contributed by atoms with Crippen LogP contribution in [-0.2, 0) is 0 Å². The summed E-state index contributed by atoms with van der Waals surface area (Å²) in [6, 6.07) is 0. The Balaban J connectivity index is 2.35. The first-order valence-corrected chi connectivity index (χ1v) is 3.22. The molecule has 0 aromatic carbocycles. The van der Waals surface area contributed by atoms with Crippen molar-refractivity contribution < 1.29 is 4.52 Å². The van der Waals surface area contributed by atoms with Crippen LogP contribution < -0.4 is 0 Å². The highest BCUT2D eigenvalue weighted by Gasteiger charge is 2.27. The summed E-state index contributed by atoms with van der Waals surface area (Å²) in [5.74, 6) is 0.719. The lowest BCUT2D eigenvalue weighted by Crippen LogP contribution is -1.78. The van der Waals surface area contributed by atoms with Crippen molar-refractivity contribution in [1.29, 1.82) is 0 Å². The molecule has 0 N–H and O–H groups in total. The van der Waals surface area contributed by atoms with Gasteiger partial charge in [0.05, 0.1) is 5.69 Å². The summed E-state index contributed by atoms with van der Waals surface area (Å²) in [5, 5.41) is 3.75. The summed E-state index contributed by atoms with van der Waals surface area (Å²) in [5.41, 5.74) is 2.20. The van der Waals surface area contributed by atoms with Gasteiger partial charge in [-0.25, -0.2) is 0 Å². The summed E-state index contributed by atoms with van der Waals surface area (Å²) in [7, 11) is 0. The van der Waals surface area contributed by atoms with Crippen LogP contribution in [0.3, 0.4) is 0 Å². The van der Waals surface area contributed by atoms with E-state index in [1.165, 1.54) is 18.4 Å². The molecule has 2 nitrogen and oxygen atoms in total. The summed E-state index contributed by atoms with van der Waals surface area (Å²) in [6.07, 6.45) is 5.36. The second-order valence-electron chi connectivity index (χ2n) is 2.56. The van der Waals surface area contributed by atoms with Gasteiger partial charge in [0.1, 0.15) is 0 Å². The zero-order valence-electron chi connectivity index (χ0n) is 5.35. The van der Waals surface area contributed by atoms with Crippen LogP contribution >= 0.6 is 0 Å². The summed E-state index contributed by atoms with van der Waals surface area (Å²) < 4.78 is 4.67. The number of aryl methyl sites for hydroxylation is 1. The molecule has 1 aliphatic rings. The number of hydrogen-bond acceptors (Lipinski definition) is 2. The van der Waals surface area contributed by atoms with Crippen molar-refractivity contribution in [2.24, 2.45) is 0 Å². The molecule has 0 atom stereocenters. The SMILES string of the molecule is Cc1no[c]c1C1CC1. The monoisotopic (exact) mass is 122 g/mol. The molecule has 0 saturated heterocycles. The average Bonchev–Trinajstić information content (AvgIpc) is 2.58. The predicted octanol–water partition coefficient (Wildman–Crippen LogP) is 1.66. The fourth-order valence-corrected chi connectivity index (χ4v) is 1.01. The van der Waals surface area contributed by atoms with Crippen molar-refractivity contribution in [2.45, 2.75) is 25.7 Å². The fraction of sp³-hybridized carbons (Fsp3) is 0.571. The molecule has 0 amide bonds. The second-order valence-corrected chi connectivity index (χ2v) is 2.56. The van der Waals surface area contributed by atoms with Crippen molar-refractivity contribution in [3.05, 3.63) is 17.5 Å². The van der Waals surface area contributed by atoms with Gasteiger partial charge in [0.2, 0.25) is 6.26 Å². The Kier molecular flexibility index (Phi) is 0.891. The van der Waals surface area contributed by atoms with E-state index in [1.807, 2.05) is 6.92 Å². The molecule has 1 radical (unpaired) electrons. The van der Waals surface area contributed by atoms with Gasteiger partial charge in [-0.1, -0.05) is 5.16 Å². The Morgan fingerprint density at radius 1 is 1.67 bits per heavy atom. The Bertz CT molecular complexity index is 212. The molecule has 47 valence electrons. The zero-order chi connectivity index (χ0) is 6.27. The molecule has 0 spiro atoms. The third-order valence-electron chi connectivity index (χ3n) is 1.71. The predicted molar refractivity (Wildman–Crippen MR) is 32.1 cm³/mol. The number of aromatic nitrogens is 1. The van der Waals surface area contributed by atoms with Crippen LogP contribution in [0, 0.1) is 13.2 Å². The Morgan fingerprint density at radius 2 is 2.44 bits per heavy atom. The van der Waals surface area contributed by atoms with Crippen LogP contribution in [0.15, 0.2) is 4.52 Å². The summed E-state index contributed by atoms with van der Waals surface area (Å²) >= 11 is 0. The molecule has 1 aromatic heterocycles. The summed E-state index contributed by atoms with van der Waals surface area (Å²) in [6.45, 7) is 1.97. The zero-order valence-corrected chi connectivity index (χ0v) is 5.35. The van der Waals surface area contributed by atoms with E-state index in [4.69, 9.17) is 0 Å². The van der Waals surface area contributed by atoms with Crippen LogP contribution in [0.5, 0.6) is 0 Å². The molecule has 2 heteroatoms. The molecule has 1 aliphatic carbocycles. The summed E-state index contributed by atoms with van der Waals surface area (Å²) in [4.78, 5) is 0. The topological polar surface area (TPSA) is 26.0 Å². The van der Waals surface area contributed by atoms with Crippen molar-refractivity contribution in [1.82, 2.24) is 5.16 Å². The number of nitrogens with zero attached hydrogens (tertiary/aromatic N) is 1. The van der Waals surface area contributed by atoms with Gasteiger partial charge in [0, 0.05) is 5.56 Å². The van der Waals surface area contributed by atoms with Crippen LogP contribution in [0.1, 0.15) is 30.0 Å². The maximum atomic E-state index is 4.67. The Hall–Kier alpha value is -0.790. The van der Waals surface area contributed by atoms with Crippen LogP contribution in [-0.4, -0.2) is 5.16 Å². The second kappa shape index (κ2) is 1.59. The highest BCUT2D eigenvalue weighted by Crippen LogP contribution is 2.40. The molecular formula is C7H8NO. The van der Waals surface area contributed by atoms with E-state index in [-0.39, 0.29) is 0 Å². The largest absolute Gasteiger partial charge is 0.352 e. The number of rotatable bonds is 1. The van der Waals surface area contributed by atoms with Crippen molar-refractivity contribution in [2.75, 3.05) is 0 Å². The van der Waals surface area contributed by atoms with Gasteiger partial charge >= 0.3 is 0 Å². The van der Waals surface area contributed by atoms with Crippen molar-refractivity contribution in [3.8, 4) is 0 Å². The Morgan fingerprint density at radius 3 is 2.89 bits per heavy atom. The van der Waals surface area contributed by atoms with E-state index in [2.05, 4.69) is 15.9 Å². The quantitative estimate of drug-likeness (QED) is 0.566. The van der Waals surface area contributed by atoms with Gasteiger partial charge in [-0.05, 0) is 25.7 Å². The maximum absolute atomic E-state index is 4.67. The van der Waals surface area contributed by atoms with Crippen molar-refractivity contribution >= 4 is 0 Å². The lowest BCUT2D eigenvalue weighted by Gasteiger charge is -1.85. The van der Waals surface area contributed by atoms with Gasteiger partial charge in [-0.3, -0.25) is 0 Å². The molecule has 1 fully saturated rings. The van der Waals surface area contributed by atoms with E-state index in [9.17, 15) is 0 Å². The molecule has 1 aromatic rings. The van der Waals surface area contributed by atoms with E-state index in [0.29, 0.717) is 0 Å². The third-order valence-corrected chi connectivity index (χ3v) is 1.71. The first kappa shape index (κ1) is 5.03. The first-order chi connectivity index (χ1) is 4.38. The minimum absolute atomic E-state index is 0.719. The van der Waals surface area contributed by atoms with Crippen LogP contribution in [0.25, 0.3) is 0 Å². The fourth-order valence-electron chi connectivity index (χ4n) is 1.01. The smallest absolute Gasteiger partial charge is 0.208 e. The normalized spacial score (nSPS) is 18.3. The molecule has 1 saturated carbocycles. The van der Waals surface area contributed by atoms with Gasteiger partial charge in [-0.2, -0.15) is 0 Å². The third kappa shape index (κ3) is 0.745. The van der Waals surface area contributed by atoms with E-state index in [1.54, 1.807) is 0 Å². The van der Waals surface area contributed by atoms with Crippen LogP contribution in [0.4, 0.5) is 0 Å². The Labute approximate surface area is 53.9 Å². The first-order valence-electron chi connectivity index (χ1n) is 3.22. The van der Waals surface area contributed by atoms with Crippen molar-refractivity contribution in [3.63, 3.8) is 0 Å². The molecule has 2 rings (SSSR count). The van der Waals surface area contributed by atoms with Gasteiger partial charge in [0.25, 0.3) is 0 Å². The van der Waals surface area contributed by atoms with Crippen LogP contribution in [0.2, 0.25) is 0 Å². The minimum atomic E-state index is 0.719. The molecule has 1 heterocycles. The van der Waals surface area contributed by atoms with Gasteiger partial charge in [0.15, 0.2) is 0 Å². The highest BCUT2D eigenvalue weighted by atomic mass is 16.5. The standard InChI is InChI=1S/C7H8NO/c1-5-7(4-9-8-5)6-2-3-6/h6H,2-3H2,1H3.